The van der Waals surface area contributed by atoms with E-state index < -0.39 is 5.92 Å². The third-order valence-corrected chi connectivity index (χ3v) is 4.89. The standard InChI is InChI=1S/C18H19N3O2S/c1-12-5-4-6-13-14(18(23)21-17(12)13)11-15(22)19-9-10-24-16-7-2-3-8-20-16/h2-8,14H,9-11H2,1H3,(H,19,22)(H,21,23)/t14-/m0/s1. The van der Waals surface area contributed by atoms with E-state index in [1.165, 1.54) is 0 Å². The number of para-hydroxylation sites is 1. The molecule has 0 spiro atoms. The number of aromatic nitrogens is 1. The minimum absolute atomic E-state index is 0.0997. The minimum atomic E-state index is -0.400. The van der Waals surface area contributed by atoms with Crippen molar-refractivity contribution >= 4 is 29.3 Å². The first kappa shape index (κ1) is 16.5. The highest BCUT2D eigenvalue weighted by molar-refractivity contribution is 7.99. The lowest BCUT2D eigenvalue weighted by Gasteiger charge is -2.10. The molecule has 2 amide bonds. The summed E-state index contributed by atoms with van der Waals surface area (Å²) in [5.41, 5.74) is 2.79. The summed E-state index contributed by atoms with van der Waals surface area (Å²) in [4.78, 5) is 28.5. The number of hydrogen-bond acceptors (Lipinski definition) is 4. The van der Waals surface area contributed by atoms with E-state index in [4.69, 9.17) is 0 Å². The topological polar surface area (TPSA) is 71.1 Å². The lowest BCUT2D eigenvalue weighted by molar-refractivity contribution is -0.125. The first-order valence-corrected chi connectivity index (χ1v) is 8.84. The molecule has 1 aliphatic rings. The number of thioether (sulfide) groups is 1. The molecule has 0 saturated carbocycles. The third kappa shape index (κ3) is 3.76. The van der Waals surface area contributed by atoms with Crippen LogP contribution in [0, 0.1) is 6.92 Å². The molecule has 2 aromatic rings. The largest absolute Gasteiger partial charge is 0.355 e. The number of hydrogen-bond donors (Lipinski definition) is 2. The van der Waals surface area contributed by atoms with Gasteiger partial charge in [-0.15, -0.1) is 11.8 Å². The van der Waals surface area contributed by atoms with Crippen molar-refractivity contribution in [1.29, 1.82) is 0 Å². The zero-order valence-electron chi connectivity index (χ0n) is 13.4. The monoisotopic (exact) mass is 341 g/mol. The Hall–Kier alpha value is -2.34. The molecule has 1 aliphatic heterocycles. The second-order valence-electron chi connectivity index (χ2n) is 5.65. The molecule has 1 aromatic heterocycles. The summed E-state index contributed by atoms with van der Waals surface area (Å²) in [6.45, 7) is 2.51. The molecule has 5 nitrogen and oxygen atoms in total. The number of fused-ring (bicyclic) bond motifs is 1. The van der Waals surface area contributed by atoms with E-state index in [9.17, 15) is 9.59 Å². The van der Waals surface area contributed by atoms with Gasteiger partial charge < -0.3 is 10.6 Å². The van der Waals surface area contributed by atoms with E-state index in [0.29, 0.717) is 6.54 Å². The molecule has 0 saturated heterocycles. The lowest BCUT2D eigenvalue weighted by Crippen LogP contribution is -2.28. The van der Waals surface area contributed by atoms with Crippen molar-refractivity contribution in [3.8, 4) is 0 Å². The Kier molecular flexibility index (Phi) is 5.15. The van der Waals surface area contributed by atoms with E-state index in [-0.39, 0.29) is 18.2 Å². The van der Waals surface area contributed by atoms with Gasteiger partial charge in [-0.25, -0.2) is 4.98 Å². The summed E-state index contributed by atoms with van der Waals surface area (Å²) >= 11 is 1.59. The van der Waals surface area contributed by atoms with Gasteiger partial charge in [0.2, 0.25) is 11.8 Å². The molecule has 0 fully saturated rings. The summed E-state index contributed by atoms with van der Waals surface area (Å²) in [7, 11) is 0. The van der Waals surface area contributed by atoms with Crippen molar-refractivity contribution in [2.75, 3.05) is 17.6 Å². The van der Waals surface area contributed by atoms with Crippen molar-refractivity contribution in [2.45, 2.75) is 24.3 Å². The molecule has 124 valence electrons. The van der Waals surface area contributed by atoms with Gasteiger partial charge >= 0.3 is 0 Å². The normalized spacial score (nSPS) is 15.7. The van der Waals surface area contributed by atoms with Gasteiger partial charge in [0, 0.05) is 30.6 Å². The van der Waals surface area contributed by atoms with Crippen LogP contribution in [-0.2, 0) is 9.59 Å². The number of nitrogens with one attached hydrogen (secondary N) is 2. The van der Waals surface area contributed by atoms with Crippen LogP contribution in [0.2, 0.25) is 0 Å². The summed E-state index contributed by atoms with van der Waals surface area (Å²) < 4.78 is 0. The molecule has 2 N–H and O–H groups in total. The quantitative estimate of drug-likeness (QED) is 0.626. The zero-order chi connectivity index (χ0) is 16.9. The summed E-state index contributed by atoms with van der Waals surface area (Å²) in [6, 6.07) is 11.5. The summed E-state index contributed by atoms with van der Waals surface area (Å²) in [5, 5.41) is 6.69. The number of carbonyl (C=O) groups excluding carboxylic acids is 2. The molecular weight excluding hydrogens is 322 g/mol. The summed E-state index contributed by atoms with van der Waals surface area (Å²) in [6.07, 6.45) is 1.93. The van der Waals surface area contributed by atoms with Crippen LogP contribution in [0.15, 0.2) is 47.6 Å². The number of rotatable bonds is 6. The molecule has 24 heavy (non-hydrogen) atoms. The van der Waals surface area contributed by atoms with Crippen LogP contribution in [0.1, 0.15) is 23.5 Å². The Morgan fingerprint density at radius 2 is 2.17 bits per heavy atom. The van der Waals surface area contributed by atoms with Gasteiger partial charge in [0.1, 0.15) is 0 Å². The predicted octanol–water partition coefficient (Wildman–Crippen LogP) is 2.72. The fourth-order valence-corrected chi connectivity index (χ4v) is 3.47. The SMILES string of the molecule is Cc1cccc2c1NC(=O)[C@H]2CC(=O)NCCSc1ccccn1. The van der Waals surface area contributed by atoms with Crippen LogP contribution < -0.4 is 10.6 Å². The maximum Gasteiger partial charge on any atom is 0.232 e. The van der Waals surface area contributed by atoms with Crippen molar-refractivity contribution in [1.82, 2.24) is 10.3 Å². The fraction of sp³-hybridized carbons (Fsp3) is 0.278. The first-order chi connectivity index (χ1) is 11.6. The van der Waals surface area contributed by atoms with E-state index in [1.54, 1.807) is 18.0 Å². The molecule has 1 atom stereocenters. The molecule has 2 heterocycles. The minimum Gasteiger partial charge on any atom is -0.355 e. The van der Waals surface area contributed by atoms with Crippen molar-refractivity contribution < 1.29 is 9.59 Å². The average Bonchev–Trinajstić information content (AvgIpc) is 2.90. The van der Waals surface area contributed by atoms with Crippen molar-refractivity contribution in [3.05, 3.63) is 53.7 Å². The average molecular weight is 341 g/mol. The highest BCUT2D eigenvalue weighted by Crippen LogP contribution is 2.36. The molecule has 0 radical (unpaired) electrons. The molecule has 3 rings (SSSR count). The molecule has 0 bridgehead atoms. The van der Waals surface area contributed by atoms with Crippen LogP contribution in [0.4, 0.5) is 5.69 Å². The highest BCUT2D eigenvalue weighted by Gasteiger charge is 2.32. The van der Waals surface area contributed by atoms with Crippen LogP contribution in [0.3, 0.4) is 0 Å². The Labute approximate surface area is 145 Å². The predicted molar refractivity (Wildman–Crippen MR) is 95.1 cm³/mol. The van der Waals surface area contributed by atoms with E-state index >= 15 is 0 Å². The van der Waals surface area contributed by atoms with Gasteiger partial charge in [-0.1, -0.05) is 24.3 Å². The fourth-order valence-electron chi connectivity index (χ4n) is 2.74. The Balaban J connectivity index is 1.49. The molecule has 0 unspecified atom stereocenters. The third-order valence-electron chi connectivity index (χ3n) is 3.95. The smallest absolute Gasteiger partial charge is 0.232 e. The van der Waals surface area contributed by atoms with Crippen LogP contribution >= 0.6 is 11.8 Å². The molecule has 6 heteroatoms. The second-order valence-corrected chi connectivity index (χ2v) is 6.77. The number of anilines is 1. The highest BCUT2D eigenvalue weighted by atomic mass is 32.2. The molecular formula is C18H19N3O2S. The molecule has 0 aliphatic carbocycles. The van der Waals surface area contributed by atoms with Gasteiger partial charge in [-0.3, -0.25) is 9.59 Å². The number of amides is 2. The van der Waals surface area contributed by atoms with E-state index in [1.807, 2.05) is 43.3 Å². The lowest BCUT2D eigenvalue weighted by atomic mass is 9.95. The van der Waals surface area contributed by atoms with Gasteiger partial charge in [0.05, 0.1) is 10.9 Å². The Morgan fingerprint density at radius 1 is 1.29 bits per heavy atom. The van der Waals surface area contributed by atoms with Gasteiger partial charge in [0.25, 0.3) is 0 Å². The van der Waals surface area contributed by atoms with Crippen molar-refractivity contribution in [2.24, 2.45) is 0 Å². The maximum atomic E-state index is 12.1. The number of carbonyl (C=O) groups is 2. The number of benzene rings is 1. The number of aryl methyl sites for hydroxylation is 1. The van der Waals surface area contributed by atoms with Gasteiger partial charge in [0.15, 0.2) is 0 Å². The molecule has 1 aromatic carbocycles. The van der Waals surface area contributed by atoms with Crippen molar-refractivity contribution in [3.63, 3.8) is 0 Å². The van der Waals surface area contributed by atoms with Gasteiger partial charge in [-0.05, 0) is 30.2 Å². The second kappa shape index (κ2) is 7.49. The summed E-state index contributed by atoms with van der Waals surface area (Å²) in [5.74, 6) is 0.141. The van der Waals surface area contributed by atoms with Crippen LogP contribution in [0.25, 0.3) is 0 Å². The first-order valence-electron chi connectivity index (χ1n) is 7.86. The number of nitrogens with zero attached hydrogens (tertiary/aromatic N) is 1. The van der Waals surface area contributed by atoms with E-state index in [2.05, 4.69) is 15.6 Å². The zero-order valence-corrected chi connectivity index (χ0v) is 14.2. The van der Waals surface area contributed by atoms with E-state index in [0.717, 1.165) is 27.6 Å². The van der Waals surface area contributed by atoms with Gasteiger partial charge in [-0.2, -0.15) is 0 Å². The van der Waals surface area contributed by atoms with Crippen LogP contribution in [0.5, 0.6) is 0 Å². The number of pyridine rings is 1. The van der Waals surface area contributed by atoms with Crippen LogP contribution in [-0.4, -0.2) is 29.1 Å². The maximum absolute atomic E-state index is 12.1. The Bertz CT molecular complexity index is 749. The Morgan fingerprint density at radius 3 is 2.96 bits per heavy atom.